The molecule has 0 bridgehead atoms. The van der Waals surface area contributed by atoms with Gasteiger partial charge in [-0.05, 0) is 6.07 Å². The molecule has 1 fully saturated rings. The first-order chi connectivity index (χ1) is 12.8. The number of ether oxygens (including phenoxy) is 1. The van der Waals surface area contributed by atoms with Crippen LogP contribution in [-0.2, 0) is 11.3 Å². The highest BCUT2D eigenvalue weighted by atomic mass is 127. The van der Waals surface area contributed by atoms with Crippen LogP contribution in [0.3, 0.4) is 0 Å². The molecular formula is C17H16F2IN5O2. The zero-order valence-electron chi connectivity index (χ0n) is 14.0. The van der Waals surface area contributed by atoms with Gasteiger partial charge in [0.25, 0.3) is 0 Å². The van der Waals surface area contributed by atoms with E-state index in [1.54, 1.807) is 6.07 Å². The van der Waals surface area contributed by atoms with E-state index in [0.29, 0.717) is 3.92 Å². The molecule has 1 aliphatic heterocycles. The summed E-state index contributed by atoms with van der Waals surface area (Å²) in [7, 11) is 0. The third kappa shape index (κ3) is 4.43. The van der Waals surface area contributed by atoms with Crippen LogP contribution in [0.1, 0.15) is 5.56 Å². The number of hydrogen-bond acceptors (Lipinski definition) is 4. The average molecular weight is 487 g/mol. The highest BCUT2D eigenvalue weighted by Gasteiger charge is 2.27. The Balaban J connectivity index is 1.80. The van der Waals surface area contributed by atoms with Gasteiger partial charge in [0.1, 0.15) is 12.4 Å². The lowest BCUT2D eigenvalue weighted by Gasteiger charge is -2.37. The van der Waals surface area contributed by atoms with Crippen LogP contribution in [0.25, 0.3) is 11.1 Å². The predicted octanol–water partition coefficient (Wildman–Crippen LogP) is 2.56. The highest BCUT2D eigenvalue weighted by Crippen LogP contribution is 2.30. The fourth-order valence-electron chi connectivity index (χ4n) is 2.60. The van der Waals surface area contributed by atoms with Gasteiger partial charge in [-0.1, -0.05) is 40.8 Å². The van der Waals surface area contributed by atoms with Crippen LogP contribution in [0.15, 0.2) is 35.5 Å². The normalized spacial score (nSPS) is 13.8. The quantitative estimate of drug-likeness (QED) is 0.297. The Labute approximate surface area is 167 Å². The highest BCUT2D eigenvalue weighted by molar-refractivity contribution is 14.1. The van der Waals surface area contributed by atoms with E-state index in [1.165, 1.54) is 24.4 Å². The lowest BCUT2D eigenvalue weighted by Crippen LogP contribution is -2.48. The molecule has 27 heavy (non-hydrogen) atoms. The van der Waals surface area contributed by atoms with Crippen LogP contribution in [0, 0.1) is 11.6 Å². The number of aliphatic imine (C=N–C) groups is 1. The third-order valence-electron chi connectivity index (χ3n) is 3.92. The second-order valence-corrected chi connectivity index (χ2v) is 7.66. The number of guanidine groups is 1. The Bertz CT molecular complexity index is 899. The molecule has 0 saturated carbocycles. The zero-order valence-corrected chi connectivity index (χ0v) is 16.2. The number of alkyl halides is 1. The van der Waals surface area contributed by atoms with Gasteiger partial charge in [0.05, 0.1) is 0 Å². The van der Waals surface area contributed by atoms with Crippen molar-refractivity contribution in [2.75, 3.05) is 18.0 Å². The van der Waals surface area contributed by atoms with Crippen LogP contribution in [0.5, 0.6) is 0 Å². The summed E-state index contributed by atoms with van der Waals surface area (Å²) in [6, 6.07) is 5.76. The van der Waals surface area contributed by atoms with Crippen molar-refractivity contribution in [3.63, 3.8) is 0 Å². The van der Waals surface area contributed by atoms with Gasteiger partial charge in [0, 0.05) is 39.9 Å². The number of pyridine rings is 1. The van der Waals surface area contributed by atoms with Crippen LogP contribution < -0.4 is 16.4 Å². The molecular weight excluding hydrogens is 471 g/mol. The molecule has 4 N–H and O–H groups in total. The number of hydrogen-bond donors (Lipinski definition) is 2. The number of nitrogens with zero attached hydrogens (tertiary/aromatic N) is 3. The molecule has 0 atom stereocenters. The summed E-state index contributed by atoms with van der Waals surface area (Å²) in [4.78, 5) is 20.5. The number of amides is 1. The minimum absolute atomic E-state index is 0.103. The number of carbonyl (C=O) groups is 1. The Hall–Kier alpha value is -2.50. The van der Waals surface area contributed by atoms with Crippen molar-refractivity contribution in [1.29, 1.82) is 0 Å². The third-order valence-corrected chi connectivity index (χ3v) is 4.71. The molecule has 0 aliphatic carbocycles. The topological polar surface area (TPSA) is 107 Å². The molecule has 1 aliphatic rings. The van der Waals surface area contributed by atoms with Gasteiger partial charge >= 0.3 is 6.09 Å². The van der Waals surface area contributed by atoms with E-state index >= 15 is 0 Å². The van der Waals surface area contributed by atoms with Crippen LogP contribution in [0.2, 0.25) is 0 Å². The molecule has 3 rings (SSSR count). The largest absolute Gasteiger partial charge is 0.443 e. The number of halogens is 3. The maximum atomic E-state index is 14.8. The smallest absolute Gasteiger partial charge is 0.437 e. The Kier molecular flexibility index (Phi) is 5.73. The molecule has 0 unspecified atom stereocenters. The van der Waals surface area contributed by atoms with E-state index in [-0.39, 0.29) is 29.1 Å². The number of aromatic nitrogens is 1. The maximum absolute atomic E-state index is 14.8. The van der Waals surface area contributed by atoms with Crippen molar-refractivity contribution >= 4 is 40.5 Å². The average Bonchev–Trinajstić information content (AvgIpc) is 2.58. The fraction of sp³-hybridized carbons (Fsp3) is 0.235. The monoisotopic (exact) mass is 487 g/mol. The lowest BCUT2D eigenvalue weighted by molar-refractivity contribution is 0.149. The lowest BCUT2D eigenvalue weighted by atomic mass is 10.0. The Morgan fingerprint density at radius 2 is 2.11 bits per heavy atom. The van der Waals surface area contributed by atoms with Gasteiger partial charge in [-0.3, -0.25) is 0 Å². The fourth-order valence-corrected chi connectivity index (χ4v) is 3.55. The molecule has 1 amide bonds. The van der Waals surface area contributed by atoms with Crippen molar-refractivity contribution in [3.8, 4) is 11.1 Å². The number of benzene rings is 1. The number of anilines is 1. The van der Waals surface area contributed by atoms with E-state index in [9.17, 15) is 13.6 Å². The van der Waals surface area contributed by atoms with Gasteiger partial charge < -0.3 is 21.1 Å². The summed E-state index contributed by atoms with van der Waals surface area (Å²) in [5, 5.41) is 0. The molecule has 10 heteroatoms. The van der Waals surface area contributed by atoms with Gasteiger partial charge in [-0.25, -0.2) is 18.6 Å². The minimum Gasteiger partial charge on any atom is -0.443 e. The summed E-state index contributed by atoms with van der Waals surface area (Å²) in [5.74, 6) is -1.35. The molecule has 1 aromatic heterocycles. The standard InChI is InChI=1S/C17H16F2IN5O2/c18-13-4-10(5-23-15(13)25-6-11(20)7-25)12-3-1-2-9(14(12)19)8-27-17(26)24-16(21)22/h1-5,11H,6-8H2,(H4,21,22,24,26). The SMILES string of the molecule is NC(N)=NC(=O)OCc1cccc(-c2cnc(N3CC(I)C3)c(F)c2)c1F. The van der Waals surface area contributed by atoms with Crippen molar-refractivity contribution in [2.45, 2.75) is 10.5 Å². The first kappa shape index (κ1) is 19.3. The maximum Gasteiger partial charge on any atom is 0.437 e. The summed E-state index contributed by atoms with van der Waals surface area (Å²) in [6.07, 6.45) is 0.395. The summed E-state index contributed by atoms with van der Waals surface area (Å²) in [5.41, 5.74) is 10.7. The number of rotatable bonds is 4. The second kappa shape index (κ2) is 8.03. The van der Waals surface area contributed by atoms with Crippen molar-refractivity contribution < 1.29 is 18.3 Å². The minimum atomic E-state index is -1.03. The molecule has 0 radical (unpaired) electrons. The number of carbonyl (C=O) groups excluding carboxylic acids is 1. The second-order valence-electron chi connectivity index (χ2n) is 5.90. The molecule has 2 heterocycles. The van der Waals surface area contributed by atoms with E-state index in [1.807, 2.05) is 4.90 Å². The van der Waals surface area contributed by atoms with Crippen molar-refractivity contribution in [1.82, 2.24) is 4.98 Å². The molecule has 1 saturated heterocycles. The Morgan fingerprint density at radius 1 is 1.37 bits per heavy atom. The van der Waals surface area contributed by atoms with Gasteiger partial charge in [0.2, 0.25) is 0 Å². The Morgan fingerprint density at radius 3 is 2.74 bits per heavy atom. The van der Waals surface area contributed by atoms with E-state index in [2.05, 4.69) is 32.6 Å². The van der Waals surface area contributed by atoms with Crippen LogP contribution in [-0.4, -0.2) is 34.1 Å². The summed E-state index contributed by atoms with van der Waals surface area (Å²) in [6.45, 7) is 1.10. The summed E-state index contributed by atoms with van der Waals surface area (Å²) >= 11 is 2.29. The van der Waals surface area contributed by atoms with Gasteiger partial charge in [-0.15, -0.1) is 4.99 Å². The summed E-state index contributed by atoms with van der Waals surface area (Å²) < 4.78 is 34.4. The molecule has 2 aromatic rings. The van der Waals surface area contributed by atoms with Crippen LogP contribution >= 0.6 is 22.6 Å². The van der Waals surface area contributed by atoms with Crippen LogP contribution in [0.4, 0.5) is 19.4 Å². The molecule has 7 nitrogen and oxygen atoms in total. The molecule has 1 aromatic carbocycles. The van der Waals surface area contributed by atoms with Gasteiger partial charge in [0.15, 0.2) is 17.6 Å². The van der Waals surface area contributed by atoms with E-state index < -0.39 is 23.7 Å². The van der Waals surface area contributed by atoms with Crippen molar-refractivity contribution in [3.05, 3.63) is 47.7 Å². The number of nitrogens with two attached hydrogens (primary N) is 2. The first-order valence-electron chi connectivity index (χ1n) is 7.94. The molecule has 0 spiro atoms. The predicted molar refractivity (Wildman–Crippen MR) is 106 cm³/mol. The van der Waals surface area contributed by atoms with Gasteiger partial charge in [-0.2, -0.15) is 0 Å². The molecule has 142 valence electrons. The van der Waals surface area contributed by atoms with E-state index in [4.69, 9.17) is 16.2 Å². The first-order valence-corrected chi connectivity index (χ1v) is 9.18. The zero-order chi connectivity index (χ0) is 19.6. The van der Waals surface area contributed by atoms with Crippen molar-refractivity contribution in [2.24, 2.45) is 16.5 Å². The van der Waals surface area contributed by atoms with E-state index in [0.717, 1.165) is 13.1 Å².